The summed E-state index contributed by atoms with van der Waals surface area (Å²) in [6, 6.07) is 6.17. The van der Waals surface area contributed by atoms with Gasteiger partial charge in [-0.15, -0.1) is 0 Å². The van der Waals surface area contributed by atoms with Crippen molar-refractivity contribution in [1.82, 2.24) is 9.21 Å². The molecule has 1 aromatic carbocycles. The molecule has 3 aliphatic rings. The molecule has 0 N–H and O–H groups in total. The summed E-state index contributed by atoms with van der Waals surface area (Å²) in [6.45, 7) is 3.59. The predicted octanol–water partition coefficient (Wildman–Crippen LogP) is 1.09. The number of benzene rings is 1. The lowest BCUT2D eigenvalue weighted by molar-refractivity contribution is -0.130. The Balaban J connectivity index is 1.46. The third-order valence-corrected chi connectivity index (χ3v) is 7.17. The summed E-state index contributed by atoms with van der Waals surface area (Å²) in [5.41, 5.74) is 0.455. The van der Waals surface area contributed by atoms with Gasteiger partial charge in [-0.25, -0.2) is 12.7 Å². The number of piperidine rings is 1. The van der Waals surface area contributed by atoms with Gasteiger partial charge in [0.05, 0.1) is 5.56 Å². The van der Waals surface area contributed by atoms with Crippen LogP contribution in [0.2, 0.25) is 0 Å². The highest BCUT2D eigenvalue weighted by molar-refractivity contribution is 7.90. The van der Waals surface area contributed by atoms with Gasteiger partial charge in [-0.1, -0.05) is 19.1 Å². The second kappa shape index (κ2) is 4.56. The second-order valence-corrected chi connectivity index (χ2v) is 8.79. The standard InChI is InChI=1S/C16H18N2O4S/c1-16-8-11(16)9-17(10-16)14(19)6-7-18-15(20)12-4-2-3-5-13(12)23(18,21)22/h2-5,11H,6-10H2,1H3. The van der Waals surface area contributed by atoms with Crippen molar-refractivity contribution in [1.29, 1.82) is 0 Å². The first kappa shape index (κ1) is 14.7. The SMILES string of the molecule is CC12CC1CN(C(=O)CCN1C(=O)c3ccccc3S1(=O)=O)C2. The normalized spacial score (nSPS) is 30.3. The number of hydrogen-bond donors (Lipinski definition) is 0. The third-order valence-electron chi connectivity index (χ3n) is 5.32. The lowest BCUT2D eigenvalue weighted by Gasteiger charge is -2.21. The van der Waals surface area contributed by atoms with E-state index < -0.39 is 15.9 Å². The van der Waals surface area contributed by atoms with Gasteiger partial charge in [-0.05, 0) is 29.9 Å². The maximum Gasteiger partial charge on any atom is 0.269 e. The number of amides is 2. The molecule has 2 amide bonds. The van der Waals surface area contributed by atoms with E-state index in [1.54, 1.807) is 17.0 Å². The molecule has 0 aromatic heterocycles. The zero-order valence-electron chi connectivity index (χ0n) is 12.9. The summed E-state index contributed by atoms with van der Waals surface area (Å²) in [5.74, 6) is -0.0186. The predicted molar refractivity (Wildman–Crippen MR) is 82.1 cm³/mol. The molecule has 0 bridgehead atoms. The van der Waals surface area contributed by atoms with Crippen LogP contribution in [0.4, 0.5) is 0 Å². The van der Waals surface area contributed by atoms with Crippen molar-refractivity contribution in [3.8, 4) is 0 Å². The number of carbonyl (C=O) groups is 2. The van der Waals surface area contributed by atoms with Crippen LogP contribution in [-0.2, 0) is 14.8 Å². The molecule has 4 rings (SSSR count). The molecule has 7 heteroatoms. The summed E-state index contributed by atoms with van der Waals surface area (Å²) in [4.78, 5) is 26.4. The van der Waals surface area contributed by atoms with Crippen LogP contribution >= 0.6 is 0 Å². The first-order chi connectivity index (χ1) is 10.8. The number of rotatable bonds is 3. The van der Waals surface area contributed by atoms with Crippen molar-refractivity contribution in [3.05, 3.63) is 29.8 Å². The van der Waals surface area contributed by atoms with E-state index in [1.165, 1.54) is 18.6 Å². The van der Waals surface area contributed by atoms with Gasteiger partial charge >= 0.3 is 0 Å². The average molecular weight is 334 g/mol. The van der Waals surface area contributed by atoms with Crippen molar-refractivity contribution in [3.63, 3.8) is 0 Å². The van der Waals surface area contributed by atoms with Gasteiger partial charge in [0, 0.05) is 26.1 Å². The van der Waals surface area contributed by atoms with E-state index in [9.17, 15) is 18.0 Å². The van der Waals surface area contributed by atoms with Gasteiger partial charge in [0.15, 0.2) is 0 Å². The molecular formula is C16H18N2O4S. The molecule has 2 fully saturated rings. The largest absolute Gasteiger partial charge is 0.342 e. The molecule has 0 spiro atoms. The van der Waals surface area contributed by atoms with Crippen LogP contribution in [0, 0.1) is 11.3 Å². The van der Waals surface area contributed by atoms with Crippen LogP contribution in [0.15, 0.2) is 29.2 Å². The molecule has 23 heavy (non-hydrogen) atoms. The molecule has 6 nitrogen and oxygen atoms in total. The Kier molecular flexibility index (Phi) is 2.91. The summed E-state index contributed by atoms with van der Waals surface area (Å²) >= 11 is 0. The van der Waals surface area contributed by atoms with Crippen molar-refractivity contribution in [2.45, 2.75) is 24.7 Å². The van der Waals surface area contributed by atoms with Crippen molar-refractivity contribution < 1.29 is 18.0 Å². The molecule has 2 atom stereocenters. The van der Waals surface area contributed by atoms with E-state index in [2.05, 4.69) is 6.92 Å². The fourth-order valence-electron chi connectivity index (χ4n) is 3.75. The number of carbonyl (C=O) groups excluding carboxylic acids is 2. The van der Waals surface area contributed by atoms with Crippen LogP contribution in [0.25, 0.3) is 0 Å². The Morgan fingerprint density at radius 3 is 2.74 bits per heavy atom. The second-order valence-electron chi connectivity index (χ2n) is 6.96. The fourth-order valence-corrected chi connectivity index (χ4v) is 5.32. The highest BCUT2D eigenvalue weighted by Gasteiger charge is 2.57. The van der Waals surface area contributed by atoms with Gasteiger partial charge in [-0.3, -0.25) is 9.59 Å². The summed E-state index contributed by atoms with van der Waals surface area (Å²) < 4.78 is 25.7. The van der Waals surface area contributed by atoms with Crippen LogP contribution in [-0.4, -0.2) is 49.1 Å². The summed E-state index contributed by atoms with van der Waals surface area (Å²) in [5, 5.41) is 0. The summed E-state index contributed by atoms with van der Waals surface area (Å²) in [6.07, 6.45) is 1.22. The highest BCUT2D eigenvalue weighted by Crippen LogP contribution is 2.57. The van der Waals surface area contributed by atoms with Gasteiger partial charge in [0.1, 0.15) is 4.90 Å². The maximum absolute atomic E-state index is 12.4. The van der Waals surface area contributed by atoms with E-state index in [-0.39, 0.29) is 34.7 Å². The van der Waals surface area contributed by atoms with Crippen LogP contribution in [0.3, 0.4) is 0 Å². The first-order valence-electron chi connectivity index (χ1n) is 7.77. The van der Waals surface area contributed by atoms with E-state index in [0.29, 0.717) is 5.92 Å². The lowest BCUT2D eigenvalue weighted by atomic mass is 10.1. The van der Waals surface area contributed by atoms with E-state index in [4.69, 9.17) is 0 Å². The Morgan fingerprint density at radius 2 is 2.09 bits per heavy atom. The van der Waals surface area contributed by atoms with Crippen LogP contribution < -0.4 is 0 Å². The van der Waals surface area contributed by atoms with E-state index in [0.717, 1.165) is 17.4 Å². The zero-order chi connectivity index (χ0) is 16.4. The number of hydrogen-bond acceptors (Lipinski definition) is 4. The van der Waals surface area contributed by atoms with Crippen molar-refractivity contribution in [2.75, 3.05) is 19.6 Å². The number of fused-ring (bicyclic) bond motifs is 2. The third kappa shape index (κ3) is 2.09. The molecule has 2 unspecified atom stereocenters. The number of sulfonamides is 1. The zero-order valence-corrected chi connectivity index (χ0v) is 13.7. The minimum atomic E-state index is -3.82. The average Bonchev–Trinajstić information content (AvgIpc) is 2.95. The van der Waals surface area contributed by atoms with Crippen molar-refractivity contribution in [2.24, 2.45) is 11.3 Å². The number of likely N-dealkylation sites (tertiary alicyclic amines) is 1. The Morgan fingerprint density at radius 1 is 1.35 bits per heavy atom. The molecule has 122 valence electrons. The highest BCUT2D eigenvalue weighted by atomic mass is 32.2. The van der Waals surface area contributed by atoms with Gasteiger partial charge in [0.2, 0.25) is 5.91 Å². The van der Waals surface area contributed by atoms with Crippen molar-refractivity contribution >= 4 is 21.8 Å². The molecule has 2 aliphatic heterocycles. The molecule has 1 aliphatic carbocycles. The Hall–Kier alpha value is -1.89. The van der Waals surface area contributed by atoms with Gasteiger partial charge in [-0.2, -0.15) is 0 Å². The minimum Gasteiger partial charge on any atom is -0.342 e. The van der Waals surface area contributed by atoms with Crippen LogP contribution in [0.5, 0.6) is 0 Å². The van der Waals surface area contributed by atoms with E-state index in [1.807, 2.05) is 0 Å². The molecule has 1 saturated carbocycles. The fraction of sp³-hybridized carbons (Fsp3) is 0.500. The molecular weight excluding hydrogens is 316 g/mol. The van der Waals surface area contributed by atoms with Gasteiger partial charge < -0.3 is 4.90 Å². The van der Waals surface area contributed by atoms with E-state index >= 15 is 0 Å². The first-order valence-corrected chi connectivity index (χ1v) is 9.21. The van der Waals surface area contributed by atoms with Crippen LogP contribution in [0.1, 0.15) is 30.1 Å². The monoisotopic (exact) mass is 334 g/mol. The lowest BCUT2D eigenvalue weighted by Crippen LogP contribution is -2.37. The molecule has 1 saturated heterocycles. The molecule has 1 aromatic rings. The molecule has 2 heterocycles. The topological polar surface area (TPSA) is 74.8 Å². The smallest absolute Gasteiger partial charge is 0.269 e. The van der Waals surface area contributed by atoms with Gasteiger partial charge in [0.25, 0.3) is 15.9 Å². The number of nitrogens with zero attached hydrogens (tertiary/aromatic N) is 2. The molecule has 0 radical (unpaired) electrons. The quantitative estimate of drug-likeness (QED) is 0.829. The Labute approximate surface area is 135 Å². The summed E-state index contributed by atoms with van der Waals surface area (Å²) in [7, 11) is -3.82. The Bertz CT molecular complexity index is 819. The maximum atomic E-state index is 12.4. The minimum absolute atomic E-state index is 0.0346.